The minimum atomic E-state index is -1.52. The Bertz CT molecular complexity index is 242. The van der Waals surface area contributed by atoms with Gasteiger partial charge in [-0.3, -0.25) is 0 Å². The summed E-state index contributed by atoms with van der Waals surface area (Å²) in [4.78, 5) is 10.7. The van der Waals surface area contributed by atoms with Gasteiger partial charge in [-0.15, -0.1) is 0 Å². The van der Waals surface area contributed by atoms with E-state index >= 15 is 0 Å². The molecule has 2 aliphatic carbocycles. The van der Waals surface area contributed by atoms with Gasteiger partial charge >= 0.3 is 17.1 Å². The van der Waals surface area contributed by atoms with E-state index in [4.69, 9.17) is 4.74 Å². The monoisotopic (exact) mass is 384 g/mol. The molecule has 0 spiro atoms. The molecule has 4 heteroatoms. The van der Waals surface area contributed by atoms with E-state index in [0.29, 0.717) is 0 Å². The Morgan fingerprint density at radius 2 is 1.43 bits per heavy atom. The van der Waals surface area contributed by atoms with Crippen molar-refractivity contribution in [3.8, 4) is 0 Å². The molecule has 0 amide bonds. The number of ether oxygens (including phenoxy) is 1. The first-order valence-corrected chi connectivity index (χ1v) is 12.0. The van der Waals surface area contributed by atoms with Gasteiger partial charge in [0.2, 0.25) is 0 Å². The summed E-state index contributed by atoms with van der Waals surface area (Å²) in [5.74, 6) is 2.01. The molecule has 0 saturated heterocycles. The topological polar surface area (TPSA) is 26.3 Å². The van der Waals surface area contributed by atoms with Crippen molar-refractivity contribution in [2.75, 3.05) is 13.2 Å². The largest absolute Gasteiger partial charge is 2.00 e. The molecule has 23 heavy (non-hydrogen) atoms. The Morgan fingerprint density at radius 3 is 1.87 bits per heavy atom. The standard InChI is InChI=1S/C12H24O2Si.C5H10.2CH3.Fe/c1-15(2,11-13)9-5-8-14-10-12-6-3-4-7-12;1-2-4-5-3-1;;;/h11-12H,3-10H2,1-2H3;1-5H2;2*1H3;/q;;2*-1;+2. The van der Waals surface area contributed by atoms with Crippen molar-refractivity contribution < 1.29 is 26.6 Å². The molecule has 0 radical (unpaired) electrons. The summed E-state index contributed by atoms with van der Waals surface area (Å²) in [6.45, 7) is 6.04. The second-order valence-electron chi connectivity index (χ2n) is 7.20. The Morgan fingerprint density at radius 1 is 0.957 bits per heavy atom. The van der Waals surface area contributed by atoms with E-state index in [1.807, 2.05) is 0 Å². The fourth-order valence-electron chi connectivity index (χ4n) is 3.00. The maximum atomic E-state index is 10.7. The van der Waals surface area contributed by atoms with Crippen LogP contribution in [-0.4, -0.2) is 27.2 Å². The maximum Gasteiger partial charge on any atom is 2.00 e. The molecule has 2 aliphatic rings. The molecule has 2 rings (SSSR count). The Hall–Kier alpha value is 0.366. The van der Waals surface area contributed by atoms with Crippen LogP contribution in [0.3, 0.4) is 0 Å². The average Bonchev–Trinajstić information content (AvgIpc) is 3.14. The van der Waals surface area contributed by atoms with Gasteiger partial charge < -0.3 is 24.4 Å². The third-order valence-corrected chi connectivity index (χ3v) is 6.79. The van der Waals surface area contributed by atoms with Gasteiger partial charge in [0.05, 0.1) is 5.91 Å². The summed E-state index contributed by atoms with van der Waals surface area (Å²) < 4.78 is 5.66. The Kier molecular flexibility index (Phi) is 21.1. The van der Waals surface area contributed by atoms with Gasteiger partial charge in [-0.2, -0.15) is 0 Å². The Labute approximate surface area is 158 Å². The molecular formula is C19H40FeO2Si. The van der Waals surface area contributed by atoms with Crippen molar-refractivity contribution in [3.63, 3.8) is 0 Å². The molecule has 2 saturated carbocycles. The first kappa shape index (κ1) is 28.2. The van der Waals surface area contributed by atoms with Gasteiger partial charge in [-0.05, 0) is 31.2 Å². The van der Waals surface area contributed by atoms with E-state index in [0.717, 1.165) is 31.6 Å². The zero-order valence-corrected chi connectivity index (χ0v) is 18.1. The minimum absolute atomic E-state index is 0. The molecule has 140 valence electrons. The predicted octanol–water partition coefficient (Wildman–Crippen LogP) is 5.91. The van der Waals surface area contributed by atoms with Crippen molar-refractivity contribution in [2.45, 2.75) is 83.3 Å². The van der Waals surface area contributed by atoms with Crippen molar-refractivity contribution in [1.29, 1.82) is 0 Å². The van der Waals surface area contributed by atoms with Crippen molar-refractivity contribution in [1.82, 2.24) is 0 Å². The summed E-state index contributed by atoms with van der Waals surface area (Å²) >= 11 is 0. The molecule has 0 aromatic heterocycles. The van der Waals surface area contributed by atoms with Gasteiger partial charge in [-0.25, -0.2) is 0 Å². The number of carbonyl (C=O) groups excluding carboxylic acids is 1. The first-order chi connectivity index (χ1) is 9.64. The fourth-order valence-corrected chi connectivity index (χ4v) is 4.17. The molecule has 0 N–H and O–H groups in total. The third kappa shape index (κ3) is 15.6. The molecule has 2 fully saturated rings. The summed E-state index contributed by atoms with van der Waals surface area (Å²) in [6, 6.07) is 1.07. The van der Waals surface area contributed by atoms with E-state index in [-0.39, 0.29) is 31.9 Å². The number of rotatable bonds is 7. The number of hydrogen-bond acceptors (Lipinski definition) is 2. The van der Waals surface area contributed by atoms with Crippen LogP contribution in [0, 0.1) is 20.8 Å². The zero-order valence-electron chi connectivity index (χ0n) is 16.0. The quantitative estimate of drug-likeness (QED) is 0.236. The van der Waals surface area contributed by atoms with Crippen molar-refractivity contribution in [3.05, 3.63) is 14.9 Å². The summed E-state index contributed by atoms with van der Waals surface area (Å²) in [5.41, 5.74) is 0. The van der Waals surface area contributed by atoms with Crippen molar-refractivity contribution in [2.24, 2.45) is 5.92 Å². The third-order valence-electron chi connectivity index (χ3n) is 4.51. The van der Waals surface area contributed by atoms with Gasteiger partial charge in [0.15, 0.2) is 0 Å². The molecular weight excluding hydrogens is 344 g/mol. The van der Waals surface area contributed by atoms with Crippen LogP contribution in [0.2, 0.25) is 19.1 Å². The summed E-state index contributed by atoms with van der Waals surface area (Å²) in [6.07, 6.45) is 14.0. The molecule has 2 nitrogen and oxygen atoms in total. The zero-order chi connectivity index (χ0) is 14.7. The van der Waals surface area contributed by atoms with Crippen LogP contribution in [0.4, 0.5) is 0 Å². The van der Waals surface area contributed by atoms with E-state index < -0.39 is 8.07 Å². The first-order valence-electron chi connectivity index (χ1n) is 8.68. The van der Waals surface area contributed by atoms with E-state index in [1.165, 1.54) is 63.7 Å². The van der Waals surface area contributed by atoms with Gasteiger partial charge in [0, 0.05) is 13.2 Å². The van der Waals surface area contributed by atoms with Gasteiger partial charge in [0.25, 0.3) is 0 Å². The maximum absolute atomic E-state index is 10.7. The second-order valence-corrected chi connectivity index (χ2v) is 11.9. The SMILES string of the molecule is C1CCCC1.C[Si](C)(C=O)CCCOCC1CCCC1.[CH3-].[CH3-].[Fe+2]. The smallest absolute Gasteiger partial charge is 0.381 e. The fraction of sp³-hybridized carbons (Fsp3) is 0.842. The van der Waals surface area contributed by atoms with Crippen LogP contribution in [0.1, 0.15) is 64.2 Å². The molecule has 0 aliphatic heterocycles. The normalized spacial score (nSPS) is 17.1. The minimum Gasteiger partial charge on any atom is -0.381 e. The van der Waals surface area contributed by atoms with Crippen LogP contribution < -0.4 is 0 Å². The number of carbonyl (C=O) groups is 1. The summed E-state index contributed by atoms with van der Waals surface area (Å²) in [5, 5.41) is 0. The molecule has 0 aromatic carbocycles. The number of hydrogen-bond donors (Lipinski definition) is 0. The van der Waals surface area contributed by atoms with Crippen LogP contribution in [0.5, 0.6) is 0 Å². The average molecular weight is 384 g/mol. The second kappa shape index (κ2) is 17.2. The van der Waals surface area contributed by atoms with E-state index in [9.17, 15) is 4.79 Å². The summed E-state index contributed by atoms with van der Waals surface area (Å²) in [7, 11) is -1.52. The molecule has 0 bridgehead atoms. The van der Waals surface area contributed by atoms with Gasteiger partial charge in [-0.1, -0.05) is 58.0 Å². The van der Waals surface area contributed by atoms with Crippen LogP contribution in [0.25, 0.3) is 0 Å². The van der Waals surface area contributed by atoms with Gasteiger partial charge in [0.1, 0.15) is 8.07 Å². The molecule has 0 atom stereocenters. The molecule has 0 heterocycles. The predicted molar refractivity (Wildman–Crippen MR) is 102 cm³/mol. The molecule has 0 aromatic rings. The van der Waals surface area contributed by atoms with Crippen LogP contribution in [0.15, 0.2) is 0 Å². The molecule has 0 unspecified atom stereocenters. The van der Waals surface area contributed by atoms with Crippen LogP contribution in [-0.2, 0) is 26.6 Å². The van der Waals surface area contributed by atoms with E-state index in [2.05, 4.69) is 13.1 Å². The van der Waals surface area contributed by atoms with E-state index in [1.54, 1.807) is 0 Å². The Balaban J connectivity index is -0.000000431. The van der Waals surface area contributed by atoms with Crippen LogP contribution >= 0.6 is 0 Å². The van der Waals surface area contributed by atoms with Crippen molar-refractivity contribution >= 4 is 14.0 Å².